The van der Waals surface area contributed by atoms with Gasteiger partial charge in [0.15, 0.2) is 0 Å². The number of aliphatic hydroxyl groups excluding tert-OH is 1. The molecular formula is C15H30N2O. The second kappa shape index (κ2) is 6.36. The van der Waals surface area contributed by atoms with Crippen molar-refractivity contribution in [3.05, 3.63) is 0 Å². The van der Waals surface area contributed by atoms with Crippen LogP contribution in [0, 0.1) is 5.41 Å². The summed E-state index contributed by atoms with van der Waals surface area (Å²) in [7, 11) is 0. The molecule has 2 aliphatic rings. The first-order valence-corrected chi connectivity index (χ1v) is 7.73. The van der Waals surface area contributed by atoms with E-state index in [1.807, 2.05) is 0 Å². The predicted octanol–water partition coefficient (Wildman–Crippen LogP) is 2.00. The lowest BCUT2D eigenvalue weighted by Gasteiger charge is -2.36. The van der Waals surface area contributed by atoms with E-state index in [2.05, 4.69) is 24.1 Å². The van der Waals surface area contributed by atoms with Crippen LogP contribution in [0.15, 0.2) is 0 Å². The molecule has 2 saturated carbocycles. The van der Waals surface area contributed by atoms with Gasteiger partial charge >= 0.3 is 0 Å². The molecule has 2 aliphatic carbocycles. The summed E-state index contributed by atoms with van der Waals surface area (Å²) in [5, 5.41) is 12.9. The summed E-state index contributed by atoms with van der Waals surface area (Å²) < 4.78 is 0. The van der Waals surface area contributed by atoms with Crippen LogP contribution in [0.1, 0.15) is 52.4 Å². The fraction of sp³-hybridized carbons (Fsp3) is 1.00. The fourth-order valence-corrected chi connectivity index (χ4v) is 3.33. The molecule has 0 atom stereocenters. The van der Waals surface area contributed by atoms with Crippen LogP contribution < -0.4 is 5.32 Å². The van der Waals surface area contributed by atoms with Crippen LogP contribution in [0.5, 0.6) is 0 Å². The maximum absolute atomic E-state index is 9.23. The van der Waals surface area contributed by atoms with Crippen molar-refractivity contribution in [3.63, 3.8) is 0 Å². The van der Waals surface area contributed by atoms with Crippen molar-refractivity contribution >= 4 is 0 Å². The lowest BCUT2D eigenvalue weighted by atomic mass is 9.85. The lowest BCUT2D eigenvalue weighted by Crippen LogP contribution is -2.45. The Kier molecular flexibility index (Phi) is 5.05. The first-order valence-electron chi connectivity index (χ1n) is 7.73. The SMILES string of the molecule is CC(C)NCC1(CN(CCO)C2CC2)CCCC1. The minimum absolute atomic E-state index is 0.310. The number of nitrogens with zero attached hydrogens (tertiary/aromatic N) is 1. The van der Waals surface area contributed by atoms with Gasteiger partial charge in [-0.2, -0.15) is 0 Å². The van der Waals surface area contributed by atoms with Crippen LogP contribution in [0.4, 0.5) is 0 Å². The minimum Gasteiger partial charge on any atom is -0.395 e. The lowest BCUT2D eigenvalue weighted by molar-refractivity contribution is 0.116. The van der Waals surface area contributed by atoms with Gasteiger partial charge in [-0.15, -0.1) is 0 Å². The van der Waals surface area contributed by atoms with E-state index in [1.165, 1.54) is 45.1 Å². The molecule has 0 saturated heterocycles. The summed E-state index contributed by atoms with van der Waals surface area (Å²) >= 11 is 0. The highest BCUT2D eigenvalue weighted by Crippen LogP contribution is 2.40. The molecule has 0 aromatic heterocycles. The van der Waals surface area contributed by atoms with E-state index >= 15 is 0 Å². The molecule has 0 radical (unpaired) electrons. The van der Waals surface area contributed by atoms with E-state index in [0.29, 0.717) is 18.1 Å². The van der Waals surface area contributed by atoms with Crippen molar-refractivity contribution in [1.29, 1.82) is 0 Å². The highest BCUT2D eigenvalue weighted by molar-refractivity contribution is 4.94. The molecule has 3 nitrogen and oxygen atoms in total. The van der Waals surface area contributed by atoms with E-state index in [4.69, 9.17) is 0 Å². The minimum atomic E-state index is 0.310. The largest absolute Gasteiger partial charge is 0.395 e. The summed E-state index contributed by atoms with van der Waals surface area (Å²) in [5.74, 6) is 0. The van der Waals surface area contributed by atoms with Gasteiger partial charge in [-0.3, -0.25) is 4.90 Å². The van der Waals surface area contributed by atoms with Gasteiger partial charge in [0.05, 0.1) is 6.61 Å². The molecular weight excluding hydrogens is 224 g/mol. The third-order valence-electron chi connectivity index (χ3n) is 4.54. The van der Waals surface area contributed by atoms with E-state index in [1.54, 1.807) is 0 Å². The van der Waals surface area contributed by atoms with Crippen molar-refractivity contribution < 1.29 is 5.11 Å². The topological polar surface area (TPSA) is 35.5 Å². The molecule has 0 spiro atoms. The summed E-state index contributed by atoms with van der Waals surface area (Å²) in [5.41, 5.74) is 0.474. The summed E-state index contributed by atoms with van der Waals surface area (Å²) in [6.45, 7) is 7.99. The Morgan fingerprint density at radius 1 is 1.28 bits per heavy atom. The van der Waals surface area contributed by atoms with Crippen molar-refractivity contribution in [2.45, 2.75) is 64.5 Å². The fourth-order valence-electron chi connectivity index (χ4n) is 3.33. The summed E-state index contributed by atoms with van der Waals surface area (Å²) in [4.78, 5) is 2.55. The molecule has 0 heterocycles. The third kappa shape index (κ3) is 3.94. The van der Waals surface area contributed by atoms with Gasteiger partial charge in [0, 0.05) is 31.7 Å². The van der Waals surface area contributed by atoms with E-state index in [0.717, 1.165) is 19.1 Å². The first kappa shape index (κ1) is 14.3. The molecule has 18 heavy (non-hydrogen) atoms. The van der Waals surface area contributed by atoms with Crippen LogP contribution >= 0.6 is 0 Å². The van der Waals surface area contributed by atoms with Gasteiger partial charge in [0.25, 0.3) is 0 Å². The summed E-state index contributed by atoms with van der Waals surface area (Å²) in [6.07, 6.45) is 8.18. The smallest absolute Gasteiger partial charge is 0.0558 e. The van der Waals surface area contributed by atoms with Gasteiger partial charge in [-0.1, -0.05) is 26.7 Å². The number of hydrogen-bond acceptors (Lipinski definition) is 3. The monoisotopic (exact) mass is 254 g/mol. The summed E-state index contributed by atoms with van der Waals surface area (Å²) in [6, 6.07) is 1.35. The third-order valence-corrected chi connectivity index (χ3v) is 4.54. The standard InChI is InChI=1S/C15H30N2O/c1-13(2)16-11-15(7-3-4-8-15)12-17(9-10-18)14-5-6-14/h13-14,16,18H,3-12H2,1-2H3. The van der Waals surface area contributed by atoms with Gasteiger partial charge in [-0.25, -0.2) is 0 Å². The highest BCUT2D eigenvalue weighted by Gasteiger charge is 2.39. The molecule has 0 bridgehead atoms. The number of aliphatic hydroxyl groups is 1. The molecule has 0 aromatic carbocycles. The number of rotatable bonds is 8. The van der Waals surface area contributed by atoms with Crippen molar-refractivity contribution in [3.8, 4) is 0 Å². The molecule has 0 unspecified atom stereocenters. The predicted molar refractivity (Wildman–Crippen MR) is 75.7 cm³/mol. The van der Waals surface area contributed by atoms with Crippen molar-refractivity contribution in [2.75, 3.05) is 26.2 Å². The van der Waals surface area contributed by atoms with E-state index in [-0.39, 0.29) is 0 Å². The molecule has 0 amide bonds. The van der Waals surface area contributed by atoms with Crippen LogP contribution in [-0.4, -0.2) is 48.3 Å². The first-order chi connectivity index (χ1) is 8.65. The van der Waals surface area contributed by atoms with E-state index in [9.17, 15) is 5.11 Å². The molecule has 3 heteroatoms. The average Bonchev–Trinajstić information content (AvgIpc) is 3.08. The highest BCUT2D eigenvalue weighted by atomic mass is 16.3. The Bertz CT molecular complexity index is 245. The van der Waals surface area contributed by atoms with Gasteiger partial charge in [0.1, 0.15) is 0 Å². The zero-order valence-corrected chi connectivity index (χ0v) is 12.1. The van der Waals surface area contributed by atoms with Crippen LogP contribution in [-0.2, 0) is 0 Å². The zero-order chi connectivity index (χ0) is 13.0. The van der Waals surface area contributed by atoms with Crippen LogP contribution in [0.3, 0.4) is 0 Å². The Morgan fingerprint density at radius 3 is 2.44 bits per heavy atom. The molecule has 106 valence electrons. The molecule has 0 aromatic rings. The quantitative estimate of drug-likeness (QED) is 0.695. The Hall–Kier alpha value is -0.120. The van der Waals surface area contributed by atoms with Gasteiger partial charge in [0.2, 0.25) is 0 Å². The van der Waals surface area contributed by atoms with Gasteiger partial charge in [-0.05, 0) is 31.1 Å². The number of hydrogen-bond donors (Lipinski definition) is 2. The second-order valence-electron chi connectivity index (χ2n) is 6.67. The second-order valence-corrected chi connectivity index (χ2v) is 6.67. The van der Waals surface area contributed by atoms with Crippen LogP contribution in [0.2, 0.25) is 0 Å². The van der Waals surface area contributed by atoms with Crippen molar-refractivity contribution in [2.24, 2.45) is 5.41 Å². The normalized spacial score (nSPS) is 23.2. The van der Waals surface area contributed by atoms with Crippen LogP contribution in [0.25, 0.3) is 0 Å². The maximum atomic E-state index is 9.23. The van der Waals surface area contributed by atoms with Gasteiger partial charge < -0.3 is 10.4 Å². The average molecular weight is 254 g/mol. The van der Waals surface area contributed by atoms with E-state index < -0.39 is 0 Å². The molecule has 2 fully saturated rings. The Morgan fingerprint density at radius 2 is 1.94 bits per heavy atom. The maximum Gasteiger partial charge on any atom is 0.0558 e. The number of nitrogens with one attached hydrogen (secondary N) is 1. The molecule has 2 rings (SSSR count). The Labute approximate surface area is 112 Å². The molecule has 0 aliphatic heterocycles. The van der Waals surface area contributed by atoms with Crippen molar-refractivity contribution in [1.82, 2.24) is 10.2 Å². The zero-order valence-electron chi connectivity index (χ0n) is 12.1. The molecule has 2 N–H and O–H groups in total. The Balaban J connectivity index is 1.91.